The maximum absolute atomic E-state index is 12.4. The first-order valence-electron chi connectivity index (χ1n) is 10.2. The molecule has 0 saturated carbocycles. The summed E-state index contributed by atoms with van der Waals surface area (Å²) in [7, 11) is 1.68. The van der Waals surface area contributed by atoms with Crippen LogP contribution in [0.3, 0.4) is 0 Å². The molecule has 162 valence electrons. The van der Waals surface area contributed by atoms with Crippen LogP contribution >= 0.6 is 11.8 Å². The summed E-state index contributed by atoms with van der Waals surface area (Å²) in [6.07, 6.45) is 3.49. The number of anilines is 1. The highest BCUT2D eigenvalue weighted by Gasteiger charge is 2.14. The molecule has 0 fully saturated rings. The zero-order valence-electron chi connectivity index (χ0n) is 17.6. The minimum atomic E-state index is -0.128. The van der Waals surface area contributed by atoms with Crippen LogP contribution in [0.5, 0.6) is 0 Å². The summed E-state index contributed by atoms with van der Waals surface area (Å²) in [5.74, 6) is 1.37. The lowest BCUT2D eigenvalue weighted by Gasteiger charge is -2.10. The average Bonchev–Trinajstić information content (AvgIpc) is 3.25. The molecule has 1 N–H and O–H groups in total. The Balaban J connectivity index is 1.43. The van der Waals surface area contributed by atoms with E-state index in [-0.39, 0.29) is 5.91 Å². The summed E-state index contributed by atoms with van der Waals surface area (Å²) in [5, 5.41) is 12.5. The molecule has 2 aromatic heterocycles. The molecule has 0 spiro atoms. The van der Waals surface area contributed by atoms with Crippen molar-refractivity contribution in [2.75, 3.05) is 19.0 Å². The minimum Gasteiger partial charge on any atom is -0.383 e. The van der Waals surface area contributed by atoms with Gasteiger partial charge in [0.25, 0.3) is 5.91 Å². The summed E-state index contributed by atoms with van der Waals surface area (Å²) in [6.45, 7) is 1.22. The number of methoxy groups -OCH3 is 1. The second-order valence-electron chi connectivity index (χ2n) is 6.99. The van der Waals surface area contributed by atoms with E-state index in [0.29, 0.717) is 24.5 Å². The number of hydrogen-bond donors (Lipinski definition) is 1. The molecule has 32 heavy (non-hydrogen) atoms. The molecular formula is C24H23N5O2S. The number of hydrogen-bond acceptors (Lipinski definition) is 6. The van der Waals surface area contributed by atoms with Gasteiger partial charge in [-0.1, -0.05) is 42.1 Å². The highest BCUT2D eigenvalue weighted by atomic mass is 32.2. The molecule has 2 aromatic carbocycles. The number of pyridine rings is 1. The summed E-state index contributed by atoms with van der Waals surface area (Å²) >= 11 is 1.60. The van der Waals surface area contributed by atoms with Crippen molar-refractivity contribution in [3.8, 4) is 11.4 Å². The molecule has 0 saturated heterocycles. The highest BCUT2D eigenvalue weighted by molar-refractivity contribution is 7.98. The van der Waals surface area contributed by atoms with E-state index in [1.165, 1.54) is 0 Å². The summed E-state index contributed by atoms with van der Waals surface area (Å²) < 4.78 is 7.33. The summed E-state index contributed by atoms with van der Waals surface area (Å²) in [6, 6.07) is 20.9. The Bertz CT molecular complexity index is 1150. The van der Waals surface area contributed by atoms with Gasteiger partial charge in [-0.15, -0.1) is 10.2 Å². The Morgan fingerprint density at radius 2 is 1.75 bits per heavy atom. The van der Waals surface area contributed by atoms with Gasteiger partial charge in [0.1, 0.15) is 0 Å². The summed E-state index contributed by atoms with van der Waals surface area (Å²) in [4.78, 5) is 16.5. The van der Waals surface area contributed by atoms with Crippen LogP contribution in [-0.4, -0.2) is 39.4 Å². The lowest BCUT2D eigenvalue weighted by atomic mass is 10.1. The Kier molecular flexibility index (Phi) is 7.27. The van der Waals surface area contributed by atoms with Gasteiger partial charge in [-0.05, 0) is 42.0 Å². The molecule has 0 atom stereocenters. The van der Waals surface area contributed by atoms with Crippen molar-refractivity contribution in [2.24, 2.45) is 0 Å². The van der Waals surface area contributed by atoms with E-state index in [4.69, 9.17) is 4.74 Å². The smallest absolute Gasteiger partial charge is 0.255 e. The average molecular weight is 446 g/mol. The number of carbonyl (C=O) groups excluding carboxylic acids is 1. The van der Waals surface area contributed by atoms with Crippen LogP contribution in [0.2, 0.25) is 0 Å². The Morgan fingerprint density at radius 1 is 1.00 bits per heavy atom. The van der Waals surface area contributed by atoms with E-state index in [2.05, 4.69) is 25.1 Å². The van der Waals surface area contributed by atoms with Crippen molar-refractivity contribution in [3.63, 3.8) is 0 Å². The third-order valence-corrected chi connectivity index (χ3v) is 5.83. The fraction of sp³-hybridized carbons (Fsp3) is 0.167. The highest BCUT2D eigenvalue weighted by Crippen LogP contribution is 2.26. The maximum Gasteiger partial charge on any atom is 0.255 e. The van der Waals surface area contributed by atoms with E-state index < -0.39 is 0 Å². The number of nitrogens with one attached hydrogen (secondary N) is 1. The number of benzene rings is 2. The lowest BCUT2D eigenvalue weighted by Crippen LogP contribution is -2.11. The van der Waals surface area contributed by atoms with Crippen molar-refractivity contribution >= 4 is 23.4 Å². The quantitative estimate of drug-likeness (QED) is 0.381. The topological polar surface area (TPSA) is 81.9 Å². The molecule has 4 aromatic rings. The van der Waals surface area contributed by atoms with Crippen molar-refractivity contribution in [1.82, 2.24) is 19.7 Å². The molecule has 0 radical (unpaired) electrons. The van der Waals surface area contributed by atoms with Crippen LogP contribution in [0, 0.1) is 0 Å². The third kappa shape index (κ3) is 5.40. The molecule has 8 heteroatoms. The molecule has 2 heterocycles. The van der Waals surface area contributed by atoms with Gasteiger partial charge in [0.2, 0.25) is 0 Å². The van der Waals surface area contributed by atoms with Gasteiger partial charge in [-0.2, -0.15) is 0 Å². The largest absolute Gasteiger partial charge is 0.383 e. The first-order valence-corrected chi connectivity index (χ1v) is 11.1. The molecule has 0 bridgehead atoms. The number of rotatable bonds is 9. The van der Waals surface area contributed by atoms with Crippen LogP contribution in [0.15, 0.2) is 84.3 Å². The Morgan fingerprint density at radius 3 is 2.47 bits per heavy atom. The first kappa shape index (κ1) is 21.7. The van der Waals surface area contributed by atoms with Crippen molar-refractivity contribution in [2.45, 2.75) is 17.5 Å². The zero-order valence-corrected chi connectivity index (χ0v) is 18.5. The van der Waals surface area contributed by atoms with Crippen LogP contribution in [-0.2, 0) is 17.0 Å². The molecule has 0 unspecified atom stereocenters. The van der Waals surface area contributed by atoms with E-state index in [1.54, 1.807) is 31.3 Å². The van der Waals surface area contributed by atoms with Gasteiger partial charge in [0.15, 0.2) is 11.0 Å². The molecule has 1 amide bonds. The van der Waals surface area contributed by atoms with Gasteiger partial charge < -0.3 is 10.1 Å². The van der Waals surface area contributed by atoms with Crippen LogP contribution in [0.4, 0.5) is 5.69 Å². The molecule has 0 aliphatic carbocycles. The molecule has 0 aliphatic heterocycles. The van der Waals surface area contributed by atoms with Gasteiger partial charge in [-0.3, -0.25) is 14.3 Å². The van der Waals surface area contributed by atoms with E-state index in [1.807, 2.05) is 66.7 Å². The van der Waals surface area contributed by atoms with Gasteiger partial charge in [-0.25, -0.2) is 0 Å². The molecular weight excluding hydrogens is 422 g/mol. The fourth-order valence-corrected chi connectivity index (χ4v) is 4.04. The van der Waals surface area contributed by atoms with E-state index in [0.717, 1.165) is 27.8 Å². The standard InChI is InChI=1S/C24H23N5O2S/c1-31-16-15-29-22(19-11-13-25-14-12-19)27-28-24(29)32-17-18-7-9-20(10-8-18)23(30)26-21-5-3-2-4-6-21/h2-14H,15-17H2,1H3,(H,26,30). The number of nitrogens with zero attached hydrogens (tertiary/aromatic N) is 4. The molecule has 0 aliphatic rings. The number of ether oxygens (including phenoxy) is 1. The third-order valence-electron chi connectivity index (χ3n) is 4.79. The lowest BCUT2D eigenvalue weighted by molar-refractivity contribution is 0.102. The Labute approximate surface area is 190 Å². The number of amides is 1. The van der Waals surface area contributed by atoms with Crippen molar-refractivity contribution in [1.29, 1.82) is 0 Å². The predicted octanol–water partition coefficient (Wildman–Crippen LogP) is 4.53. The SMILES string of the molecule is COCCn1c(SCc2ccc(C(=O)Nc3ccccc3)cc2)nnc1-c1ccncc1. The number of para-hydroxylation sites is 1. The number of carbonyl (C=O) groups is 1. The van der Waals surface area contributed by atoms with Gasteiger partial charge in [0.05, 0.1) is 13.2 Å². The van der Waals surface area contributed by atoms with Crippen LogP contribution in [0.1, 0.15) is 15.9 Å². The van der Waals surface area contributed by atoms with Crippen molar-refractivity contribution in [3.05, 3.63) is 90.3 Å². The van der Waals surface area contributed by atoms with Crippen LogP contribution in [0.25, 0.3) is 11.4 Å². The second-order valence-corrected chi connectivity index (χ2v) is 7.93. The number of thioether (sulfide) groups is 1. The van der Waals surface area contributed by atoms with E-state index in [9.17, 15) is 4.79 Å². The van der Waals surface area contributed by atoms with Gasteiger partial charge >= 0.3 is 0 Å². The predicted molar refractivity (Wildman–Crippen MR) is 126 cm³/mol. The van der Waals surface area contributed by atoms with Crippen molar-refractivity contribution < 1.29 is 9.53 Å². The Hall–Kier alpha value is -3.49. The molecule has 4 rings (SSSR count). The minimum absolute atomic E-state index is 0.128. The maximum atomic E-state index is 12.4. The second kappa shape index (κ2) is 10.7. The summed E-state index contributed by atoms with van der Waals surface area (Å²) in [5.41, 5.74) is 3.45. The normalized spacial score (nSPS) is 10.8. The number of aromatic nitrogens is 4. The molecule has 7 nitrogen and oxygen atoms in total. The van der Waals surface area contributed by atoms with Gasteiger partial charge in [0, 0.05) is 42.1 Å². The zero-order chi connectivity index (χ0) is 22.2. The first-order chi connectivity index (χ1) is 15.7. The van der Waals surface area contributed by atoms with E-state index >= 15 is 0 Å². The van der Waals surface area contributed by atoms with Crippen LogP contribution < -0.4 is 5.32 Å². The monoisotopic (exact) mass is 445 g/mol. The fourth-order valence-electron chi connectivity index (χ4n) is 3.12.